The fraction of sp³-hybridized carbons (Fsp3) is 0. The number of anilines is 2. The fourth-order valence-corrected chi connectivity index (χ4v) is 4.72. The molecular formula is C30H21BrN2. The average Bonchev–Trinajstić information content (AvgIpc) is 3.20. The molecule has 0 fully saturated rings. The summed E-state index contributed by atoms with van der Waals surface area (Å²) in [6, 6.07) is 42.8. The molecule has 3 heteroatoms. The minimum Gasteiger partial charge on any atom is -0.356 e. The highest BCUT2D eigenvalue weighted by Crippen LogP contribution is 2.35. The maximum Gasteiger partial charge on any atom is 0.0541 e. The van der Waals surface area contributed by atoms with Gasteiger partial charge in [-0.3, -0.25) is 0 Å². The first-order chi connectivity index (χ1) is 16.3. The van der Waals surface area contributed by atoms with Crippen molar-refractivity contribution in [3.05, 3.63) is 126 Å². The minimum atomic E-state index is 1.07. The second kappa shape index (κ2) is 8.27. The third kappa shape index (κ3) is 3.71. The van der Waals surface area contributed by atoms with E-state index in [2.05, 4.69) is 135 Å². The van der Waals surface area contributed by atoms with Gasteiger partial charge in [0, 0.05) is 32.3 Å². The third-order valence-electron chi connectivity index (χ3n) is 6.04. The lowest BCUT2D eigenvalue weighted by atomic mass is 10.0. The summed E-state index contributed by atoms with van der Waals surface area (Å²) < 4.78 is 3.42. The van der Waals surface area contributed by atoms with Crippen LogP contribution in [0.5, 0.6) is 0 Å². The SMILES string of the molecule is Brc1ccc(Nc2ccc(-c3ccc4c(c3)c3ccccc3n4-c3ccccc3)cc2)cc1. The number of nitrogens with one attached hydrogen (secondary N) is 1. The van der Waals surface area contributed by atoms with Crippen LogP contribution in [0.25, 0.3) is 38.6 Å². The van der Waals surface area contributed by atoms with Crippen LogP contribution in [-0.4, -0.2) is 4.57 Å². The van der Waals surface area contributed by atoms with E-state index in [1.54, 1.807) is 0 Å². The lowest BCUT2D eigenvalue weighted by molar-refractivity contribution is 1.18. The van der Waals surface area contributed by atoms with Gasteiger partial charge in [-0.2, -0.15) is 0 Å². The Bertz CT molecular complexity index is 1560. The minimum absolute atomic E-state index is 1.07. The maximum absolute atomic E-state index is 3.48. The van der Waals surface area contributed by atoms with E-state index in [0.29, 0.717) is 0 Å². The summed E-state index contributed by atoms with van der Waals surface area (Å²) in [5.74, 6) is 0. The molecule has 0 atom stereocenters. The van der Waals surface area contributed by atoms with Crippen LogP contribution < -0.4 is 5.32 Å². The molecule has 6 rings (SSSR count). The van der Waals surface area contributed by atoms with Crippen LogP contribution in [0.4, 0.5) is 11.4 Å². The number of aromatic nitrogens is 1. The van der Waals surface area contributed by atoms with Gasteiger partial charge in [-0.15, -0.1) is 0 Å². The molecule has 33 heavy (non-hydrogen) atoms. The molecule has 0 saturated heterocycles. The van der Waals surface area contributed by atoms with Crippen molar-refractivity contribution in [2.45, 2.75) is 0 Å². The van der Waals surface area contributed by atoms with E-state index in [1.165, 1.54) is 38.6 Å². The van der Waals surface area contributed by atoms with Gasteiger partial charge < -0.3 is 9.88 Å². The molecule has 0 aliphatic rings. The van der Waals surface area contributed by atoms with Crippen molar-refractivity contribution in [2.75, 3.05) is 5.32 Å². The topological polar surface area (TPSA) is 17.0 Å². The van der Waals surface area contributed by atoms with Crippen molar-refractivity contribution in [2.24, 2.45) is 0 Å². The number of nitrogens with zero attached hydrogens (tertiary/aromatic N) is 1. The normalized spacial score (nSPS) is 11.2. The van der Waals surface area contributed by atoms with Crippen LogP contribution in [0.2, 0.25) is 0 Å². The second-order valence-corrected chi connectivity index (χ2v) is 9.04. The molecular weight excluding hydrogens is 468 g/mol. The predicted octanol–water partition coefficient (Wildman–Crippen LogP) is 8.96. The zero-order valence-electron chi connectivity index (χ0n) is 17.9. The standard InChI is InChI=1S/C30H21BrN2/c31-23-13-17-25(18-14-23)32-24-15-10-21(11-16-24)22-12-19-30-28(20-22)27-8-4-5-9-29(27)33(30)26-6-2-1-3-7-26/h1-20,32H. The Hall–Kier alpha value is -3.82. The summed E-state index contributed by atoms with van der Waals surface area (Å²) in [6.07, 6.45) is 0. The number of rotatable bonds is 4. The van der Waals surface area contributed by atoms with Gasteiger partial charge in [-0.25, -0.2) is 0 Å². The number of para-hydroxylation sites is 2. The predicted molar refractivity (Wildman–Crippen MR) is 144 cm³/mol. The summed E-state index contributed by atoms with van der Waals surface area (Å²) >= 11 is 3.48. The summed E-state index contributed by atoms with van der Waals surface area (Å²) in [7, 11) is 0. The quantitative estimate of drug-likeness (QED) is 0.262. The molecule has 0 bridgehead atoms. The van der Waals surface area contributed by atoms with Crippen LogP contribution in [0.1, 0.15) is 0 Å². The second-order valence-electron chi connectivity index (χ2n) is 8.13. The number of fused-ring (bicyclic) bond motifs is 3. The van der Waals surface area contributed by atoms with Gasteiger partial charge in [0.1, 0.15) is 0 Å². The van der Waals surface area contributed by atoms with Gasteiger partial charge in [0.15, 0.2) is 0 Å². The van der Waals surface area contributed by atoms with Crippen LogP contribution in [0.15, 0.2) is 126 Å². The van der Waals surface area contributed by atoms with Crippen LogP contribution in [-0.2, 0) is 0 Å². The zero-order chi connectivity index (χ0) is 22.2. The average molecular weight is 489 g/mol. The Morgan fingerprint density at radius 2 is 1.12 bits per heavy atom. The number of benzene rings is 5. The molecule has 1 aromatic heterocycles. The lowest BCUT2D eigenvalue weighted by Gasteiger charge is -2.09. The van der Waals surface area contributed by atoms with E-state index in [9.17, 15) is 0 Å². The van der Waals surface area contributed by atoms with Gasteiger partial charge in [0.25, 0.3) is 0 Å². The van der Waals surface area contributed by atoms with Crippen LogP contribution in [0.3, 0.4) is 0 Å². The molecule has 1 N–H and O–H groups in total. The smallest absolute Gasteiger partial charge is 0.0541 e. The van der Waals surface area contributed by atoms with Crippen molar-refractivity contribution in [3.8, 4) is 16.8 Å². The van der Waals surface area contributed by atoms with Gasteiger partial charge in [0.2, 0.25) is 0 Å². The van der Waals surface area contributed by atoms with Crippen molar-refractivity contribution in [3.63, 3.8) is 0 Å². The summed E-state index contributed by atoms with van der Waals surface area (Å²) in [5.41, 5.74) is 8.19. The van der Waals surface area contributed by atoms with E-state index < -0.39 is 0 Å². The van der Waals surface area contributed by atoms with E-state index in [1.807, 2.05) is 12.1 Å². The van der Waals surface area contributed by atoms with Crippen molar-refractivity contribution in [1.82, 2.24) is 4.57 Å². The summed E-state index contributed by atoms with van der Waals surface area (Å²) in [6.45, 7) is 0. The first-order valence-electron chi connectivity index (χ1n) is 11.0. The Labute approximate surface area is 201 Å². The molecule has 1 heterocycles. The molecule has 158 valence electrons. The summed E-state index contributed by atoms with van der Waals surface area (Å²) in [4.78, 5) is 0. The van der Waals surface area contributed by atoms with E-state index >= 15 is 0 Å². The molecule has 0 unspecified atom stereocenters. The maximum atomic E-state index is 3.48. The highest BCUT2D eigenvalue weighted by Gasteiger charge is 2.12. The van der Waals surface area contributed by atoms with Crippen LogP contribution >= 0.6 is 15.9 Å². The van der Waals surface area contributed by atoms with E-state index in [-0.39, 0.29) is 0 Å². The van der Waals surface area contributed by atoms with Crippen molar-refractivity contribution in [1.29, 1.82) is 0 Å². The molecule has 0 saturated carbocycles. The van der Waals surface area contributed by atoms with Crippen molar-refractivity contribution < 1.29 is 0 Å². The number of hydrogen-bond acceptors (Lipinski definition) is 1. The number of halogens is 1. The van der Waals surface area contributed by atoms with Gasteiger partial charge in [-0.05, 0) is 77.9 Å². The zero-order valence-corrected chi connectivity index (χ0v) is 19.5. The van der Waals surface area contributed by atoms with Gasteiger partial charge >= 0.3 is 0 Å². The van der Waals surface area contributed by atoms with Crippen molar-refractivity contribution >= 4 is 49.1 Å². The number of hydrogen-bond donors (Lipinski definition) is 1. The molecule has 0 spiro atoms. The molecule has 0 aliphatic heterocycles. The molecule has 0 radical (unpaired) electrons. The fourth-order valence-electron chi connectivity index (χ4n) is 4.45. The molecule has 0 aliphatic carbocycles. The Morgan fingerprint density at radius 1 is 0.515 bits per heavy atom. The Morgan fingerprint density at radius 3 is 1.88 bits per heavy atom. The van der Waals surface area contributed by atoms with E-state index in [0.717, 1.165) is 15.8 Å². The molecule has 2 nitrogen and oxygen atoms in total. The third-order valence-corrected chi connectivity index (χ3v) is 6.57. The van der Waals surface area contributed by atoms with Gasteiger partial charge in [0.05, 0.1) is 11.0 Å². The largest absolute Gasteiger partial charge is 0.356 e. The monoisotopic (exact) mass is 488 g/mol. The Balaban J connectivity index is 1.40. The van der Waals surface area contributed by atoms with Gasteiger partial charge in [-0.1, -0.05) is 70.5 Å². The highest BCUT2D eigenvalue weighted by atomic mass is 79.9. The Kier molecular flexibility index (Phi) is 4.97. The van der Waals surface area contributed by atoms with E-state index in [4.69, 9.17) is 0 Å². The van der Waals surface area contributed by atoms with Crippen LogP contribution in [0, 0.1) is 0 Å². The molecule has 5 aromatic carbocycles. The highest BCUT2D eigenvalue weighted by molar-refractivity contribution is 9.10. The lowest BCUT2D eigenvalue weighted by Crippen LogP contribution is -1.92. The molecule has 6 aromatic rings. The first kappa shape index (κ1) is 19.8. The first-order valence-corrected chi connectivity index (χ1v) is 11.8. The molecule has 0 amide bonds. The summed E-state index contributed by atoms with van der Waals surface area (Å²) in [5, 5.41) is 6.00.